The highest BCUT2D eigenvalue weighted by Gasteiger charge is 2.22. The lowest BCUT2D eigenvalue weighted by molar-refractivity contribution is -0.489. The molecule has 1 aliphatic heterocycles. The summed E-state index contributed by atoms with van der Waals surface area (Å²) in [5.41, 5.74) is 1.32. The highest BCUT2D eigenvalue weighted by molar-refractivity contribution is 5.14. The van der Waals surface area contributed by atoms with Crippen molar-refractivity contribution in [1.82, 2.24) is 4.90 Å². The van der Waals surface area contributed by atoms with Crippen molar-refractivity contribution in [3.05, 3.63) is 46.0 Å². The summed E-state index contributed by atoms with van der Waals surface area (Å²) in [6, 6.07) is 10.4. The fourth-order valence-corrected chi connectivity index (χ4v) is 2.38. The third kappa shape index (κ3) is 3.82. The summed E-state index contributed by atoms with van der Waals surface area (Å²) in [6.07, 6.45) is 1.90. The van der Waals surface area contributed by atoms with Crippen molar-refractivity contribution in [2.45, 2.75) is 19.4 Å². The number of rotatable bonds is 4. The molecule has 1 saturated heterocycles. The molecule has 0 bridgehead atoms. The Morgan fingerprint density at radius 1 is 1.24 bits per heavy atom. The molecule has 0 amide bonds. The molecule has 0 saturated carbocycles. The lowest BCUT2D eigenvalue weighted by Gasteiger charge is -2.30. The van der Waals surface area contributed by atoms with E-state index in [1.807, 2.05) is 6.07 Å². The molecule has 1 aromatic carbocycles. The molecular formula is C13H18N2O2. The van der Waals surface area contributed by atoms with E-state index in [1.165, 1.54) is 5.56 Å². The highest BCUT2D eigenvalue weighted by atomic mass is 16.6. The average molecular weight is 234 g/mol. The van der Waals surface area contributed by atoms with Gasteiger partial charge in [-0.1, -0.05) is 30.3 Å². The van der Waals surface area contributed by atoms with Crippen LogP contribution < -0.4 is 0 Å². The zero-order valence-corrected chi connectivity index (χ0v) is 9.92. The normalized spacial score (nSPS) is 18.1. The van der Waals surface area contributed by atoms with Crippen LogP contribution in [0.4, 0.5) is 0 Å². The van der Waals surface area contributed by atoms with Gasteiger partial charge in [0.2, 0.25) is 6.54 Å². The second kappa shape index (κ2) is 5.77. The molecule has 4 nitrogen and oxygen atoms in total. The molecule has 1 aromatic rings. The Morgan fingerprint density at radius 3 is 2.47 bits per heavy atom. The third-order valence-corrected chi connectivity index (χ3v) is 3.36. The molecule has 0 radical (unpaired) electrons. The van der Waals surface area contributed by atoms with Crippen LogP contribution in [0.5, 0.6) is 0 Å². The number of hydrogen-bond donors (Lipinski definition) is 0. The third-order valence-electron chi connectivity index (χ3n) is 3.36. The zero-order chi connectivity index (χ0) is 12.1. The Hall–Kier alpha value is -1.42. The highest BCUT2D eigenvalue weighted by Crippen LogP contribution is 2.18. The summed E-state index contributed by atoms with van der Waals surface area (Å²) in [6.45, 7) is 3.06. The molecule has 1 aliphatic rings. The van der Waals surface area contributed by atoms with E-state index in [-0.39, 0.29) is 17.4 Å². The van der Waals surface area contributed by atoms with Crippen molar-refractivity contribution in [3.63, 3.8) is 0 Å². The van der Waals surface area contributed by atoms with E-state index in [9.17, 15) is 10.1 Å². The Morgan fingerprint density at radius 2 is 1.88 bits per heavy atom. The second-order valence-electron chi connectivity index (χ2n) is 4.72. The molecule has 0 aromatic heterocycles. The van der Waals surface area contributed by atoms with Gasteiger partial charge in [0.15, 0.2) is 0 Å². The predicted octanol–water partition coefficient (Wildman–Crippen LogP) is 2.18. The minimum Gasteiger partial charge on any atom is -0.299 e. The standard InChI is InChI=1S/C13H18N2O2/c16-15(17)11-13-6-8-14(9-7-13)10-12-4-2-1-3-5-12/h1-5,13H,6-11H2. The zero-order valence-electron chi connectivity index (χ0n) is 9.92. The van der Waals surface area contributed by atoms with E-state index in [2.05, 4.69) is 29.2 Å². The smallest absolute Gasteiger partial charge is 0.206 e. The summed E-state index contributed by atoms with van der Waals surface area (Å²) in [4.78, 5) is 12.6. The Bertz CT molecular complexity index is 359. The number of benzene rings is 1. The van der Waals surface area contributed by atoms with Crippen molar-refractivity contribution in [2.24, 2.45) is 5.92 Å². The fourth-order valence-electron chi connectivity index (χ4n) is 2.38. The van der Waals surface area contributed by atoms with Crippen LogP contribution >= 0.6 is 0 Å². The molecule has 0 unspecified atom stereocenters. The molecule has 0 N–H and O–H groups in total. The second-order valence-corrected chi connectivity index (χ2v) is 4.72. The number of likely N-dealkylation sites (tertiary alicyclic amines) is 1. The predicted molar refractivity (Wildman–Crippen MR) is 66.3 cm³/mol. The molecule has 17 heavy (non-hydrogen) atoms. The van der Waals surface area contributed by atoms with Gasteiger partial charge in [-0.15, -0.1) is 0 Å². The van der Waals surface area contributed by atoms with Gasteiger partial charge < -0.3 is 0 Å². The van der Waals surface area contributed by atoms with E-state index >= 15 is 0 Å². The van der Waals surface area contributed by atoms with Gasteiger partial charge >= 0.3 is 0 Å². The molecule has 1 heterocycles. The van der Waals surface area contributed by atoms with E-state index in [0.717, 1.165) is 32.5 Å². The Kier molecular flexibility index (Phi) is 4.09. The van der Waals surface area contributed by atoms with Crippen molar-refractivity contribution in [1.29, 1.82) is 0 Å². The van der Waals surface area contributed by atoms with Gasteiger partial charge in [-0.3, -0.25) is 15.0 Å². The lowest BCUT2D eigenvalue weighted by atomic mass is 9.97. The maximum Gasteiger partial charge on any atom is 0.206 e. The molecule has 2 rings (SSSR count). The van der Waals surface area contributed by atoms with Crippen molar-refractivity contribution in [3.8, 4) is 0 Å². The van der Waals surface area contributed by atoms with Gasteiger partial charge in [0.25, 0.3) is 0 Å². The number of hydrogen-bond acceptors (Lipinski definition) is 3. The van der Waals surface area contributed by atoms with Gasteiger partial charge in [0.05, 0.1) is 0 Å². The maximum absolute atomic E-state index is 10.4. The largest absolute Gasteiger partial charge is 0.299 e. The molecule has 1 fully saturated rings. The number of nitro groups is 1. The van der Waals surface area contributed by atoms with Crippen LogP contribution in [0.1, 0.15) is 18.4 Å². The van der Waals surface area contributed by atoms with Crippen LogP contribution in [0, 0.1) is 16.0 Å². The lowest BCUT2D eigenvalue weighted by Crippen LogP contribution is -2.35. The minimum atomic E-state index is -0.183. The van der Waals surface area contributed by atoms with Gasteiger partial charge in [-0.25, -0.2) is 0 Å². The topological polar surface area (TPSA) is 46.4 Å². The van der Waals surface area contributed by atoms with Crippen molar-refractivity contribution < 1.29 is 4.92 Å². The SMILES string of the molecule is O=[N+]([O-])CC1CCN(Cc2ccccc2)CC1. The summed E-state index contributed by atoms with van der Waals surface area (Å²) in [5.74, 6) is 0.275. The Balaban J connectivity index is 1.78. The van der Waals surface area contributed by atoms with Gasteiger partial charge in [-0.05, 0) is 31.5 Å². The van der Waals surface area contributed by atoms with Crippen LogP contribution in [0.3, 0.4) is 0 Å². The van der Waals surface area contributed by atoms with Gasteiger partial charge in [0, 0.05) is 17.4 Å². The molecule has 0 atom stereocenters. The van der Waals surface area contributed by atoms with Crippen molar-refractivity contribution >= 4 is 0 Å². The Labute approximate surface area is 101 Å². The first-order valence-electron chi connectivity index (χ1n) is 6.12. The monoisotopic (exact) mass is 234 g/mol. The van der Waals surface area contributed by atoms with E-state index < -0.39 is 0 Å². The fraction of sp³-hybridized carbons (Fsp3) is 0.538. The van der Waals surface area contributed by atoms with Crippen LogP contribution in [0.2, 0.25) is 0 Å². The van der Waals surface area contributed by atoms with Crippen LogP contribution in [-0.2, 0) is 6.54 Å². The first kappa shape index (κ1) is 12.0. The van der Waals surface area contributed by atoms with Gasteiger partial charge in [-0.2, -0.15) is 0 Å². The number of piperidine rings is 1. The molecule has 0 aliphatic carbocycles. The molecule has 0 spiro atoms. The van der Waals surface area contributed by atoms with Crippen LogP contribution in [0.25, 0.3) is 0 Å². The minimum absolute atomic E-state index is 0.138. The molecule has 92 valence electrons. The molecular weight excluding hydrogens is 216 g/mol. The van der Waals surface area contributed by atoms with Crippen molar-refractivity contribution in [2.75, 3.05) is 19.6 Å². The maximum atomic E-state index is 10.4. The van der Waals surface area contributed by atoms with E-state index in [1.54, 1.807) is 0 Å². The quantitative estimate of drug-likeness (QED) is 0.592. The average Bonchev–Trinajstić information content (AvgIpc) is 2.32. The van der Waals surface area contributed by atoms with E-state index in [4.69, 9.17) is 0 Å². The van der Waals surface area contributed by atoms with E-state index in [0.29, 0.717) is 0 Å². The first-order valence-corrected chi connectivity index (χ1v) is 6.12. The number of nitrogens with zero attached hydrogens (tertiary/aromatic N) is 2. The summed E-state index contributed by atoms with van der Waals surface area (Å²) < 4.78 is 0. The summed E-state index contributed by atoms with van der Waals surface area (Å²) in [7, 11) is 0. The van der Waals surface area contributed by atoms with Crippen LogP contribution in [-0.4, -0.2) is 29.5 Å². The van der Waals surface area contributed by atoms with Gasteiger partial charge in [0.1, 0.15) is 0 Å². The first-order chi connectivity index (χ1) is 8.24. The summed E-state index contributed by atoms with van der Waals surface area (Å²) >= 11 is 0. The molecule has 4 heteroatoms. The summed E-state index contributed by atoms with van der Waals surface area (Å²) in [5, 5.41) is 10.4. The van der Waals surface area contributed by atoms with Crippen LogP contribution in [0.15, 0.2) is 30.3 Å².